The van der Waals surface area contributed by atoms with E-state index in [0.29, 0.717) is 0 Å². The van der Waals surface area contributed by atoms with Gasteiger partial charge in [-0.25, -0.2) is 0 Å². The van der Waals surface area contributed by atoms with Crippen LogP contribution in [0.4, 0.5) is 0 Å². The Bertz CT molecular complexity index is 279. The lowest BCUT2D eigenvalue weighted by molar-refractivity contribution is 0.0394. The van der Waals surface area contributed by atoms with Crippen molar-refractivity contribution >= 4 is 16.9 Å². The smallest absolute Gasteiger partial charge is 0.157 e. The van der Waals surface area contributed by atoms with E-state index in [4.69, 9.17) is 4.74 Å². The van der Waals surface area contributed by atoms with Crippen molar-refractivity contribution in [1.82, 2.24) is 10.2 Å². The molecule has 0 aliphatic carbocycles. The van der Waals surface area contributed by atoms with E-state index >= 15 is 0 Å². The third-order valence-corrected chi connectivity index (χ3v) is 4.78. The van der Waals surface area contributed by atoms with Crippen LogP contribution in [0.15, 0.2) is 4.99 Å². The second-order valence-corrected chi connectivity index (χ2v) is 5.93. The summed E-state index contributed by atoms with van der Waals surface area (Å²) in [5, 5.41) is 4.65. The molecule has 0 saturated carbocycles. The summed E-state index contributed by atoms with van der Waals surface area (Å²) in [6.07, 6.45) is 1.16. The lowest BCUT2D eigenvalue weighted by Gasteiger charge is -2.25. The summed E-state index contributed by atoms with van der Waals surface area (Å²) in [6.45, 7) is 10.3. The SMILES string of the molecule is CCC1(C)CSC(=NCCN2CCOCC2)N1. The van der Waals surface area contributed by atoms with Gasteiger partial charge in [-0.2, -0.15) is 0 Å². The van der Waals surface area contributed by atoms with E-state index in [-0.39, 0.29) is 5.54 Å². The first-order valence-corrected chi connectivity index (χ1v) is 7.46. The zero-order valence-corrected chi connectivity index (χ0v) is 11.7. The molecular formula is C12H23N3OS. The minimum atomic E-state index is 0.252. The number of morpholine rings is 1. The van der Waals surface area contributed by atoms with Gasteiger partial charge in [-0.1, -0.05) is 18.7 Å². The number of hydrogen-bond donors (Lipinski definition) is 1. The van der Waals surface area contributed by atoms with Gasteiger partial charge < -0.3 is 10.1 Å². The number of hydrogen-bond acceptors (Lipinski definition) is 4. The van der Waals surface area contributed by atoms with Gasteiger partial charge in [-0.05, 0) is 13.3 Å². The standard InChI is InChI=1S/C12H23N3OS/c1-3-12(2)10-17-11(14-12)13-4-5-15-6-8-16-9-7-15/h3-10H2,1-2H3,(H,13,14). The summed E-state index contributed by atoms with van der Waals surface area (Å²) < 4.78 is 5.33. The predicted octanol–water partition coefficient (Wildman–Crippen LogP) is 1.18. The van der Waals surface area contributed by atoms with E-state index < -0.39 is 0 Å². The van der Waals surface area contributed by atoms with E-state index in [1.165, 1.54) is 0 Å². The fourth-order valence-corrected chi connectivity index (χ4v) is 3.18. The molecule has 5 heteroatoms. The topological polar surface area (TPSA) is 36.9 Å². The third-order valence-electron chi connectivity index (χ3n) is 3.49. The quantitative estimate of drug-likeness (QED) is 0.820. The van der Waals surface area contributed by atoms with Crippen molar-refractivity contribution in [1.29, 1.82) is 0 Å². The van der Waals surface area contributed by atoms with Crippen LogP contribution in [0, 0.1) is 0 Å². The van der Waals surface area contributed by atoms with Crippen LogP contribution in [0.3, 0.4) is 0 Å². The number of rotatable bonds is 4. The Morgan fingerprint density at radius 1 is 1.47 bits per heavy atom. The van der Waals surface area contributed by atoms with Crippen LogP contribution >= 0.6 is 11.8 Å². The van der Waals surface area contributed by atoms with Gasteiger partial charge >= 0.3 is 0 Å². The van der Waals surface area contributed by atoms with Crippen molar-refractivity contribution in [2.24, 2.45) is 4.99 Å². The highest BCUT2D eigenvalue weighted by Gasteiger charge is 2.30. The number of nitrogens with one attached hydrogen (secondary N) is 1. The molecule has 2 rings (SSSR count). The second kappa shape index (κ2) is 6.07. The molecule has 1 N–H and O–H groups in total. The van der Waals surface area contributed by atoms with E-state index in [1.807, 2.05) is 11.8 Å². The van der Waals surface area contributed by atoms with Crippen molar-refractivity contribution < 1.29 is 4.74 Å². The van der Waals surface area contributed by atoms with Crippen molar-refractivity contribution in [2.45, 2.75) is 25.8 Å². The maximum absolute atomic E-state index is 5.33. The number of amidine groups is 1. The molecule has 0 amide bonds. The molecule has 4 nitrogen and oxygen atoms in total. The van der Waals surface area contributed by atoms with Gasteiger partial charge in [-0.3, -0.25) is 9.89 Å². The van der Waals surface area contributed by atoms with Crippen molar-refractivity contribution in [3.63, 3.8) is 0 Å². The molecule has 1 atom stereocenters. The summed E-state index contributed by atoms with van der Waals surface area (Å²) in [4.78, 5) is 7.07. The largest absolute Gasteiger partial charge is 0.379 e. The molecule has 0 spiro atoms. The Morgan fingerprint density at radius 3 is 2.88 bits per heavy atom. The highest BCUT2D eigenvalue weighted by Crippen LogP contribution is 2.25. The Kier molecular flexibility index (Phi) is 4.70. The molecular weight excluding hydrogens is 234 g/mol. The molecule has 2 fully saturated rings. The molecule has 98 valence electrons. The minimum absolute atomic E-state index is 0.252. The molecule has 0 aromatic heterocycles. The van der Waals surface area contributed by atoms with Crippen LogP contribution in [-0.4, -0.2) is 60.8 Å². The lowest BCUT2D eigenvalue weighted by atomic mass is 10.0. The zero-order chi connectivity index (χ0) is 12.1. The highest BCUT2D eigenvalue weighted by atomic mass is 32.2. The van der Waals surface area contributed by atoms with E-state index in [9.17, 15) is 0 Å². The van der Waals surface area contributed by atoms with Gasteiger partial charge in [0, 0.05) is 30.9 Å². The fraction of sp³-hybridized carbons (Fsp3) is 0.917. The van der Waals surface area contributed by atoms with Gasteiger partial charge in [0.1, 0.15) is 0 Å². The van der Waals surface area contributed by atoms with Gasteiger partial charge in [0.05, 0.1) is 19.8 Å². The van der Waals surface area contributed by atoms with Crippen LogP contribution in [0.5, 0.6) is 0 Å². The Balaban J connectivity index is 1.70. The van der Waals surface area contributed by atoms with Crippen LogP contribution in [0.1, 0.15) is 20.3 Å². The molecule has 0 aromatic rings. The van der Waals surface area contributed by atoms with Crippen LogP contribution in [0.2, 0.25) is 0 Å². The van der Waals surface area contributed by atoms with Gasteiger partial charge in [0.15, 0.2) is 5.17 Å². The van der Waals surface area contributed by atoms with Crippen LogP contribution in [0.25, 0.3) is 0 Å². The predicted molar refractivity (Wildman–Crippen MR) is 73.9 cm³/mol. The second-order valence-electron chi connectivity index (χ2n) is 4.97. The number of ether oxygens (including phenoxy) is 1. The monoisotopic (exact) mass is 257 g/mol. The minimum Gasteiger partial charge on any atom is -0.379 e. The Labute approximate surface area is 108 Å². The summed E-state index contributed by atoms with van der Waals surface area (Å²) in [7, 11) is 0. The highest BCUT2D eigenvalue weighted by molar-refractivity contribution is 8.14. The van der Waals surface area contributed by atoms with E-state index in [0.717, 1.165) is 56.7 Å². The molecule has 0 aromatic carbocycles. The molecule has 2 aliphatic rings. The van der Waals surface area contributed by atoms with E-state index in [1.54, 1.807) is 0 Å². The van der Waals surface area contributed by atoms with Gasteiger partial charge in [0.2, 0.25) is 0 Å². The fourth-order valence-electron chi connectivity index (χ4n) is 1.95. The van der Waals surface area contributed by atoms with Crippen molar-refractivity contribution in [3.05, 3.63) is 0 Å². The maximum atomic E-state index is 5.33. The van der Waals surface area contributed by atoms with Crippen LogP contribution in [-0.2, 0) is 4.74 Å². The molecule has 2 saturated heterocycles. The molecule has 2 heterocycles. The molecule has 0 radical (unpaired) electrons. The van der Waals surface area contributed by atoms with Crippen molar-refractivity contribution in [2.75, 3.05) is 45.1 Å². The molecule has 2 aliphatic heterocycles. The van der Waals surface area contributed by atoms with Crippen LogP contribution < -0.4 is 5.32 Å². The maximum Gasteiger partial charge on any atom is 0.157 e. The summed E-state index contributed by atoms with van der Waals surface area (Å²) in [5.41, 5.74) is 0.252. The summed E-state index contributed by atoms with van der Waals surface area (Å²) >= 11 is 1.86. The Morgan fingerprint density at radius 2 is 2.24 bits per heavy atom. The first kappa shape index (κ1) is 13.2. The third kappa shape index (κ3) is 3.86. The van der Waals surface area contributed by atoms with Gasteiger partial charge in [0.25, 0.3) is 0 Å². The van der Waals surface area contributed by atoms with E-state index in [2.05, 4.69) is 29.1 Å². The van der Waals surface area contributed by atoms with Gasteiger partial charge in [-0.15, -0.1) is 0 Å². The first-order valence-electron chi connectivity index (χ1n) is 6.47. The average molecular weight is 257 g/mol. The summed E-state index contributed by atoms with van der Waals surface area (Å²) in [5.74, 6) is 1.14. The Hall–Kier alpha value is -0.260. The van der Waals surface area contributed by atoms with Crippen molar-refractivity contribution in [3.8, 4) is 0 Å². The molecule has 17 heavy (non-hydrogen) atoms. The normalized spacial score (nSPS) is 32.9. The zero-order valence-electron chi connectivity index (χ0n) is 10.9. The first-order chi connectivity index (χ1) is 8.22. The number of nitrogens with zero attached hydrogens (tertiary/aromatic N) is 2. The molecule has 0 bridgehead atoms. The molecule has 1 unspecified atom stereocenters. The summed E-state index contributed by atoms with van der Waals surface area (Å²) in [6, 6.07) is 0. The number of aliphatic imine (C=N–C) groups is 1. The average Bonchev–Trinajstić information content (AvgIpc) is 2.74. The number of thioether (sulfide) groups is 1. The lowest BCUT2D eigenvalue weighted by Crippen LogP contribution is -2.40.